The van der Waals surface area contributed by atoms with Gasteiger partial charge in [0, 0.05) is 16.8 Å². The van der Waals surface area contributed by atoms with Crippen LogP contribution in [0.1, 0.15) is 26.3 Å². The summed E-state index contributed by atoms with van der Waals surface area (Å²) in [6, 6.07) is 77.3. The van der Waals surface area contributed by atoms with Crippen molar-refractivity contribution in [1.29, 1.82) is 0 Å². The van der Waals surface area contributed by atoms with Gasteiger partial charge in [-0.1, -0.05) is 197 Å². The van der Waals surface area contributed by atoms with Gasteiger partial charge in [-0.3, -0.25) is 0 Å². The number of fused-ring (bicyclic) bond motifs is 8. The first-order chi connectivity index (χ1) is 32.0. The molecule has 1 nitrogen and oxygen atoms in total. The van der Waals surface area contributed by atoms with Gasteiger partial charge in [-0.15, -0.1) is 0 Å². The third-order valence-electron chi connectivity index (χ3n) is 14.6. The largest absolute Gasteiger partial charge is 0.310 e. The first-order valence-electron chi connectivity index (χ1n) is 22.9. The number of rotatable bonds is 5. The Hall–Kier alpha value is -8.00. The molecule has 0 saturated heterocycles. The predicted octanol–water partition coefficient (Wildman–Crippen LogP) is 18.5. The van der Waals surface area contributed by atoms with Gasteiger partial charge in [-0.2, -0.15) is 0 Å². The Balaban J connectivity index is 1.20. The smallest absolute Gasteiger partial charge is 0.0540 e. The molecule has 0 saturated carbocycles. The summed E-state index contributed by atoms with van der Waals surface area (Å²) in [6.45, 7) is 7.00. The van der Waals surface area contributed by atoms with Crippen LogP contribution in [0.2, 0.25) is 0 Å². The molecule has 0 heterocycles. The van der Waals surface area contributed by atoms with Crippen molar-refractivity contribution in [2.75, 3.05) is 4.90 Å². The summed E-state index contributed by atoms with van der Waals surface area (Å²) < 4.78 is 0. The summed E-state index contributed by atoms with van der Waals surface area (Å²) in [5.41, 5.74) is 9.95. The second-order valence-electron chi connectivity index (χ2n) is 19.1. The van der Waals surface area contributed by atoms with Crippen LogP contribution >= 0.6 is 0 Å². The molecule has 14 aromatic carbocycles. The van der Waals surface area contributed by atoms with Crippen molar-refractivity contribution in [3.63, 3.8) is 0 Å². The van der Waals surface area contributed by atoms with E-state index in [1.807, 2.05) is 0 Å². The van der Waals surface area contributed by atoms with Crippen LogP contribution in [0.15, 0.2) is 206 Å². The molecule has 14 aromatic rings. The molecule has 1 heteroatoms. The third kappa shape index (κ3) is 4.93. The molecule has 0 aliphatic rings. The highest BCUT2D eigenvalue weighted by Gasteiger charge is 2.30. The minimum atomic E-state index is 0.0286. The minimum absolute atomic E-state index is 0.0286. The fourth-order valence-corrected chi connectivity index (χ4v) is 12.1. The normalized spacial score (nSPS) is 12.5. The Bertz CT molecular complexity index is 3980. The predicted molar refractivity (Wildman–Crippen MR) is 282 cm³/mol. The van der Waals surface area contributed by atoms with Gasteiger partial charge in [0.25, 0.3) is 0 Å². The number of anilines is 3. The number of benzene rings is 12. The molecule has 14 rings (SSSR count). The van der Waals surface area contributed by atoms with Gasteiger partial charge in [0.05, 0.1) is 5.69 Å². The van der Waals surface area contributed by atoms with Crippen molar-refractivity contribution >= 4 is 114 Å². The average Bonchev–Trinajstić information content (AvgIpc) is 3.86. The van der Waals surface area contributed by atoms with E-state index in [9.17, 15) is 0 Å². The van der Waals surface area contributed by atoms with E-state index in [1.165, 1.54) is 130 Å². The average molecular weight is 826 g/mol. The zero-order chi connectivity index (χ0) is 43.1. The molecule has 0 aliphatic heterocycles. The molecule has 0 spiro atoms. The van der Waals surface area contributed by atoms with Gasteiger partial charge in [0.1, 0.15) is 0 Å². The van der Waals surface area contributed by atoms with E-state index in [0.717, 1.165) is 11.4 Å². The summed E-state index contributed by atoms with van der Waals surface area (Å²) in [6.07, 6.45) is 0. The maximum Gasteiger partial charge on any atom is 0.0540 e. The molecular formula is C64H43N. The highest BCUT2D eigenvalue weighted by molar-refractivity contribution is 6.49. The number of hydrogen-bond donors (Lipinski definition) is 0. The van der Waals surface area contributed by atoms with Gasteiger partial charge in [0.2, 0.25) is 0 Å². The van der Waals surface area contributed by atoms with E-state index in [0.29, 0.717) is 0 Å². The van der Waals surface area contributed by atoms with Crippen molar-refractivity contribution in [3.05, 3.63) is 212 Å². The van der Waals surface area contributed by atoms with E-state index in [-0.39, 0.29) is 5.41 Å². The van der Waals surface area contributed by atoms with E-state index < -0.39 is 0 Å². The van der Waals surface area contributed by atoms with Gasteiger partial charge in [-0.05, 0) is 155 Å². The number of hydrogen-bond acceptors (Lipinski definition) is 1. The van der Waals surface area contributed by atoms with Crippen LogP contribution in [0, 0.1) is 0 Å². The van der Waals surface area contributed by atoms with Gasteiger partial charge in [0.15, 0.2) is 0 Å². The van der Waals surface area contributed by atoms with Crippen LogP contribution in [0.5, 0.6) is 0 Å². The van der Waals surface area contributed by atoms with E-state index >= 15 is 0 Å². The zero-order valence-corrected chi connectivity index (χ0v) is 36.6. The van der Waals surface area contributed by atoms with E-state index in [2.05, 4.69) is 232 Å². The topological polar surface area (TPSA) is 3.24 Å². The number of para-hydroxylation sites is 2. The summed E-state index contributed by atoms with van der Waals surface area (Å²) in [7, 11) is 0. The molecule has 0 N–H and O–H groups in total. The monoisotopic (exact) mass is 825 g/mol. The second kappa shape index (κ2) is 13.3. The fraction of sp³-hybridized carbons (Fsp3) is 0.0625. The van der Waals surface area contributed by atoms with Gasteiger partial charge in [-0.25, -0.2) is 0 Å². The first-order valence-corrected chi connectivity index (χ1v) is 22.9. The quantitative estimate of drug-likeness (QED) is 0.123. The van der Waals surface area contributed by atoms with Crippen molar-refractivity contribution < 1.29 is 0 Å². The molecule has 65 heavy (non-hydrogen) atoms. The van der Waals surface area contributed by atoms with Crippen molar-refractivity contribution in [1.82, 2.24) is 0 Å². The molecule has 0 aromatic heterocycles. The third-order valence-corrected chi connectivity index (χ3v) is 14.6. The van der Waals surface area contributed by atoms with Crippen LogP contribution < -0.4 is 4.90 Å². The SMILES string of the molecule is CC(C)(C)c1ccc2c3ccc4c5c(-c6ccccc6)c6c7ccc(N(c8ccccc8)c8ccccc8)c8cccc(c6c(-c6ccccc6)c5c5ccc(c6cccc1c62)c3c54)c87. The minimum Gasteiger partial charge on any atom is -0.310 e. The Kier molecular flexibility index (Phi) is 7.45. The summed E-state index contributed by atoms with van der Waals surface area (Å²) in [5.74, 6) is 0. The zero-order valence-electron chi connectivity index (χ0n) is 36.6. The van der Waals surface area contributed by atoms with Crippen molar-refractivity contribution in [2.24, 2.45) is 0 Å². The van der Waals surface area contributed by atoms with E-state index in [4.69, 9.17) is 0 Å². The Morgan fingerprint density at radius 1 is 0.262 bits per heavy atom. The maximum absolute atomic E-state index is 2.46. The van der Waals surface area contributed by atoms with Gasteiger partial charge >= 0.3 is 0 Å². The first kappa shape index (κ1) is 36.5. The summed E-state index contributed by atoms with van der Waals surface area (Å²) in [4.78, 5) is 2.42. The standard InChI is InChI=1S/C64H43N/c1-64(2,3)52-36-34-43-45-31-33-51-59-50(32-30-44(58(45)59)42-26-16-27-46(52)56(42)43)62-54(38-18-8-4-9-19-38)60-48-29-17-28-47-53(65(40-22-12-6-13-23-40)41-24-14-7-15-25-41)37-35-49(57(47)48)61(60)55(63(51)62)39-20-10-5-11-21-39/h4-37H,1-3H3. The van der Waals surface area contributed by atoms with Crippen molar-refractivity contribution in [2.45, 2.75) is 26.2 Å². The highest BCUT2D eigenvalue weighted by Crippen LogP contribution is 2.58. The lowest BCUT2D eigenvalue weighted by Crippen LogP contribution is -2.11. The van der Waals surface area contributed by atoms with Crippen LogP contribution in [0.3, 0.4) is 0 Å². The molecule has 0 radical (unpaired) electrons. The maximum atomic E-state index is 2.46. The molecule has 304 valence electrons. The van der Waals surface area contributed by atoms with Crippen LogP contribution in [-0.2, 0) is 5.41 Å². The van der Waals surface area contributed by atoms with E-state index in [1.54, 1.807) is 0 Å². The molecule has 0 fully saturated rings. The molecule has 0 bridgehead atoms. The molecular weight excluding hydrogens is 783 g/mol. The van der Waals surface area contributed by atoms with Gasteiger partial charge < -0.3 is 4.90 Å². The highest BCUT2D eigenvalue weighted by atomic mass is 15.1. The Morgan fingerprint density at radius 3 is 1.15 bits per heavy atom. The molecule has 0 aliphatic carbocycles. The second-order valence-corrected chi connectivity index (χ2v) is 19.1. The summed E-state index contributed by atoms with van der Waals surface area (Å²) >= 11 is 0. The van der Waals surface area contributed by atoms with Crippen LogP contribution in [0.25, 0.3) is 119 Å². The lowest BCUT2D eigenvalue weighted by molar-refractivity contribution is 0.596. The molecule has 0 amide bonds. The van der Waals surface area contributed by atoms with Crippen LogP contribution in [0.4, 0.5) is 17.1 Å². The lowest BCUT2D eigenvalue weighted by atomic mass is 9.80. The number of nitrogens with zero attached hydrogens (tertiary/aromatic N) is 1. The molecule has 0 unspecified atom stereocenters. The Morgan fingerprint density at radius 2 is 0.615 bits per heavy atom. The van der Waals surface area contributed by atoms with Crippen LogP contribution in [-0.4, -0.2) is 0 Å². The molecule has 0 atom stereocenters. The van der Waals surface area contributed by atoms with Crippen molar-refractivity contribution in [3.8, 4) is 22.3 Å². The summed E-state index contributed by atoms with van der Waals surface area (Å²) in [5, 5.41) is 23.9. The Labute approximate surface area is 377 Å². The lowest BCUT2D eigenvalue weighted by Gasteiger charge is -2.27. The fourth-order valence-electron chi connectivity index (χ4n) is 12.1.